The smallest absolute Gasteiger partial charge is 0.247 e. The van der Waals surface area contributed by atoms with Gasteiger partial charge in [-0.1, -0.05) is 97.9 Å². The van der Waals surface area contributed by atoms with E-state index in [-0.39, 0.29) is 11.8 Å². The predicted molar refractivity (Wildman–Crippen MR) is 115 cm³/mol. The zero-order valence-electron chi connectivity index (χ0n) is 16.6. The van der Waals surface area contributed by atoms with Gasteiger partial charge >= 0.3 is 0 Å². The van der Waals surface area contributed by atoms with Crippen molar-refractivity contribution in [1.29, 1.82) is 0 Å². The summed E-state index contributed by atoms with van der Waals surface area (Å²) in [6, 6.07) is 28.3. The fourth-order valence-corrected chi connectivity index (χ4v) is 3.30. The number of nitrogens with one attached hydrogen (secondary N) is 1. The molecule has 0 aliphatic carbocycles. The van der Waals surface area contributed by atoms with Gasteiger partial charge in [0, 0.05) is 19.5 Å². The van der Waals surface area contributed by atoms with Crippen LogP contribution in [-0.2, 0) is 22.7 Å². The normalized spacial score (nSPS) is 11.5. The molecule has 2 amide bonds. The lowest BCUT2D eigenvalue weighted by atomic mass is 10.0. The maximum atomic E-state index is 13.3. The number of nitrogens with zero attached hydrogens (tertiary/aromatic N) is 1. The molecule has 4 nitrogen and oxygen atoms in total. The van der Waals surface area contributed by atoms with Gasteiger partial charge in [-0.15, -0.1) is 0 Å². The third kappa shape index (κ3) is 5.55. The minimum atomic E-state index is -0.687. The molecule has 3 aromatic carbocycles. The van der Waals surface area contributed by atoms with Crippen LogP contribution in [0.3, 0.4) is 0 Å². The van der Waals surface area contributed by atoms with Crippen molar-refractivity contribution in [2.24, 2.45) is 0 Å². The molecule has 0 radical (unpaired) electrons. The number of carbonyl (C=O) groups excluding carboxylic acids is 2. The van der Waals surface area contributed by atoms with Crippen LogP contribution in [0.25, 0.3) is 0 Å². The van der Waals surface area contributed by atoms with Gasteiger partial charge in [-0.05, 0) is 16.7 Å². The van der Waals surface area contributed by atoms with Gasteiger partial charge in [0.15, 0.2) is 0 Å². The molecule has 0 saturated carbocycles. The van der Waals surface area contributed by atoms with Crippen LogP contribution in [0.5, 0.6) is 0 Å². The van der Waals surface area contributed by atoms with Crippen molar-refractivity contribution in [2.45, 2.75) is 32.5 Å². The Kier molecular flexibility index (Phi) is 7.17. The van der Waals surface area contributed by atoms with E-state index in [0.717, 1.165) is 16.7 Å². The van der Waals surface area contributed by atoms with Gasteiger partial charge in [0.2, 0.25) is 11.8 Å². The first-order valence-corrected chi connectivity index (χ1v) is 9.89. The number of benzene rings is 3. The minimum absolute atomic E-state index is 0.0578. The summed E-state index contributed by atoms with van der Waals surface area (Å²) < 4.78 is 0. The molecular weight excluding hydrogens is 360 g/mol. The summed E-state index contributed by atoms with van der Waals surface area (Å²) in [5.41, 5.74) is 2.81. The Morgan fingerprint density at radius 3 is 1.86 bits per heavy atom. The second-order valence-corrected chi connectivity index (χ2v) is 6.88. The van der Waals surface area contributed by atoms with E-state index in [1.54, 1.807) is 4.90 Å². The number of amides is 2. The van der Waals surface area contributed by atoms with E-state index in [4.69, 9.17) is 0 Å². The second-order valence-electron chi connectivity index (χ2n) is 6.88. The zero-order chi connectivity index (χ0) is 20.5. The van der Waals surface area contributed by atoms with Crippen molar-refractivity contribution in [1.82, 2.24) is 10.2 Å². The molecule has 0 unspecified atom stereocenters. The van der Waals surface area contributed by atoms with Crippen LogP contribution in [-0.4, -0.2) is 16.7 Å². The van der Waals surface area contributed by atoms with Crippen molar-refractivity contribution in [3.8, 4) is 0 Å². The summed E-state index contributed by atoms with van der Waals surface area (Å²) >= 11 is 0. The molecule has 0 bridgehead atoms. The van der Waals surface area contributed by atoms with Gasteiger partial charge in [-0.2, -0.15) is 0 Å². The quantitative estimate of drug-likeness (QED) is 0.620. The highest BCUT2D eigenvalue weighted by Gasteiger charge is 2.30. The highest BCUT2D eigenvalue weighted by atomic mass is 16.2. The van der Waals surface area contributed by atoms with E-state index < -0.39 is 6.04 Å². The average Bonchev–Trinajstić information content (AvgIpc) is 2.79. The van der Waals surface area contributed by atoms with Crippen molar-refractivity contribution in [3.05, 3.63) is 108 Å². The summed E-state index contributed by atoms with van der Waals surface area (Å²) in [6.07, 6.45) is 0.335. The standard InChI is InChI=1S/C25H26N2O2/c1-2-23(28)27(19-21-14-8-4-9-15-21)24(22-16-10-5-11-17-22)25(29)26-18-20-12-6-3-7-13-20/h3-17,24H,2,18-19H2,1H3,(H,26,29)/t24-/m1/s1. The number of rotatable bonds is 8. The average molecular weight is 386 g/mol. The molecule has 1 N–H and O–H groups in total. The van der Waals surface area contributed by atoms with E-state index in [0.29, 0.717) is 19.5 Å². The lowest BCUT2D eigenvalue weighted by molar-refractivity contribution is -0.141. The number of hydrogen-bond donors (Lipinski definition) is 1. The molecule has 0 spiro atoms. The molecule has 3 aromatic rings. The molecule has 148 valence electrons. The fourth-order valence-electron chi connectivity index (χ4n) is 3.30. The third-order valence-electron chi connectivity index (χ3n) is 4.80. The molecule has 0 aliphatic heterocycles. The first-order chi connectivity index (χ1) is 14.2. The zero-order valence-corrected chi connectivity index (χ0v) is 16.6. The van der Waals surface area contributed by atoms with Gasteiger partial charge in [0.1, 0.15) is 6.04 Å². The summed E-state index contributed by atoms with van der Waals surface area (Å²) in [7, 11) is 0. The van der Waals surface area contributed by atoms with Crippen molar-refractivity contribution >= 4 is 11.8 Å². The molecule has 3 rings (SSSR count). The Morgan fingerprint density at radius 1 is 0.793 bits per heavy atom. The molecular formula is C25H26N2O2. The van der Waals surface area contributed by atoms with Gasteiger partial charge in [-0.25, -0.2) is 0 Å². The Labute approximate surface area is 172 Å². The van der Waals surface area contributed by atoms with Crippen LogP contribution in [0.4, 0.5) is 0 Å². The van der Waals surface area contributed by atoms with Crippen LogP contribution in [0.15, 0.2) is 91.0 Å². The van der Waals surface area contributed by atoms with E-state index in [1.165, 1.54) is 0 Å². The van der Waals surface area contributed by atoms with E-state index >= 15 is 0 Å². The highest BCUT2D eigenvalue weighted by molar-refractivity contribution is 5.88. The predicted octanol–water partition coefficient (Wildman–Crippen LogP) is 4.48. The van der Waals surface area contributed by atoms with Gasteiger partial charge in [0.05, 0.1) is 0 Å². The van der Waals surface area contributed by atoms with Crippen LogP contribution in [0.2, 0.25) is 0 Å². The van der Waals surface area contributed by atoms with Crippen LogP contribution < -0.4 is 5.32 Å². The van der Waals surface area contributed by atoms with Crippen LogP contribution in [0.1, 0.15) is 36.1 Å². The summed E-state index contributed by atoms with van der Waals surface area (Å²) in [4.78, 5) is 27.8. The number of hydrogen-bond acceptors (Lipinski definition) is 2. The largest absolute Gasteiger partial charge is 0.350 e. The molecule has 0 fully saturated rings. The van der Waals surface area contributed by atoms with Crippen molar-refractivity contribution < 1.29 is 9.59 Å². The summed E-state index contributed by atoms with van der Waals surface area (Å²) in [5.74, 6) is -0.240. The Hall–Kier alpha value is -3.40. The molecule has 0 saturated heterocycles. The maximum Gasteiger partial charge on any atom is 0.247 e. The molecule has 0 aromatic heterocycles. The topological polar surface area (TPSA) is 49.4 Å². The Balaban J connectivity index is 1.89. The van der Waals surface area contributed by atoms with Crippen molar-refractivity contribution in [3.63, 3.8) is 0 Å². The van der Waals surface area contributed by atoms with Crippen LogP contribution in [0, 0.1) is 0 Å². The first-order valence-electron chi connectivity index (χ1n) is 9.89. The minimum Gasteiger partial charge on any atom is -0.350 e. The molecule has 29 heavy (non-hydrogen) atoms. The monoisotopic (exact) mass is 386 g/mol. The number of carbonyl (C=O) groups is 2. The van der Waals surface area contributed by atoms with Crippen molar-refractivity contribution in [2.75, 3.05) is 0 Å². The lowest BCUT2D eigenvalue weighted by Crippen LogP contribution is -2.43. The van der Waals surface area contributed by atoms with E-state index in [2.05, 4.69) is 5.32 Å². The molecule has 1 atom stereocenters. The van der Waals surface area contributed by atoms with Gasteiger partial charge < -0.3 is 10.2 Å². The Bertz CT molecular complexity index is 911. The summed E-state index contributed by atoms with van der Waals surface area (Å²) in [5, 5.41) is 3.01. The van der Waals surface area contributed by atoms with Crippen LogP contribution >= 0.6 is 0 Å². The van der Waals surface area contributed by atoms with Gasteiger partial charge in [0.25, 0.3) is 0 Å². The molecule has 4 heteroatoms. The maximum absolute atomic E-state index is 13.3. The van der Waals surface area contributed by atoms with E-state index in [1.807, 2.05) is 97.9 Å². The molecule has 0 heterocycles. The van der Waals surface area contributed by atoms with E-state index in [9.17, 15) is 9.59 Å². The third-order valence-corrected chi connectivity index (χ3v) is 4.80. The summed E-state index contributed by atoms with van der Waals surface area (Å²) in [6.45, 7) is 2.62. The molecule has 0 aliphatic rings. The fraction of sp³-hybridized carbons (Fsp3) is 0.200. The first kappa shape index (κ1) is 20.3. The SMILES string of the molecule is CCC(=O)N(Cc1ccccc1)[C@@H](C(=O)NCc1ccccc1)c1ccccc1. The second kappa shape index (κ2) is 10.2. The highest BCUT2D eigenvalue weighted by Crippen LogP contribution is 2.24. The van der Waals surface area contributed by atoms with Gasteiger partial charge in [-0.3, -0.25) is 9.59 Å². The Morgan fingerprint density at radius 2 is 1.31 bits per heavy atom. The lowest BCUT2D eigenvalue weighted by Gasteiger charge is -2.31.